The zero-order chi connectivity index (χ0) is 6.85. The predicted molar refractivity (Wildman–Crippen MR) is 28.8 cm³/mol. The SMILES string of the molecule is [O]C1=CC(=O)[CH+]C(O)=C1. The van der Waals surface area contributed by atoms with Crippen LogP contribution in [0, 0.1) is 6.42 Å². The normalized spacial score (nSPS) is 18.0. The standard InChI is InChI=1S/C6H3O3/c7-4-1-5(8)3-6(9)2-4/h1-3H/p+1. The van der Waals surface area contributed by atoms with Crippen LogP contribution >= 0.6 is 0 Å². The average Bonchev–Trinajstić information content (AvgIpc) is 1.59. The molecule has 0 aromatic heterocycles. The molecule has 0 aliphatic heterocycles. The van der Waals surface area contributed by atoms with Gasteiger partial charge in [-0.1, -0.05) is 0 Å². The number of aliphatic hydroxyl groups is 1. The van der Waals surface area contributed by atoms with Crippen molar-refractivity contribution in [3.05, 3.63) is 30.1 Å². The van der Waals surface area contributed by atoms with Crippen molar-refractivity contribution in [3.8, 4) is 0 Å². The summed E-state index contributed by atoms with van der Waals surface area (Å²) in [7, 11) is 0. The maximum absolute atomic E-state index is 10.4. The van der Waals surface area contributed by atoms with Crippen LogP contribution in [0.4, 0.5) is 0 Å². The van der Waals surface area contributed by atoms with E-state index in [4.69, 9.17) is 5.11 Å². The molecule has 0 aromatic rings. The third-order valence-electron chi connectivity index (χ3n) is 0.865. The summed E-state index contributed by atoms with van der Waals surface area (Å²) in [6.45, 7) is 0. The van der Waals surface area contributed by atoms with Crippen molar-refractivity contribution < 1.29 is 15.0 Å². The zero-order valence-electron chi connectivity index (χ0n) is 4.50. The van der Waals surface area contributed by atoms with Gasteiger partial charge < -0.3 is 5.11 Å². The predicted octanol–water partition coefficient (Wildman–Crippen LogP) is 0.530. The van der Waals surface area contributed by atoms with Crippen molar-refractivity contribution in [3.63, 3.8) is 0 Å². The van der Waals surface area contributed by atoms with E-state index in [0.29, 0.717) is 0 Å². The average molecular weight is 124 g/mol. The Kier molecular flexibility index (Phi) is 1.18. The first-order valence-corrected chi connectivity index (χ1v) is 2.36. The number of aliphatic hydroxyl groups excluding tert-OH is 1. The molecule has 1 rings (SSSR count). The maximum Gasteiger partial charge on any atom is 0.293 e. The molecular formula is C6H4O3+. The van der Waals surface area contributed by atoms with E-state index in [0.717, 1.165) is 18.6 Å². The molecule has 9 heavy (non-hydrogen) atoms. The molecule has 0 fully saturated rings. The van der Waals surface area contributed by atoms with Gasteiger partial charge in [0.05, 0.1) is 0 Å². The fourth-order valence-electron chi connectivity index (χ4n) is 0.557. The van der Waals surface area contributed by atoms with Crippen LogP contribution in [0.15, 0.2) is 23.7 Å². The van der Waals surface area contributed by atoms with Crippen molar-refractivity contribution in [1.29, 1.82) is 0 Å². The van der Waals surface area contributed by atoms with Gasteiger partial charge in [-0.05, 0) is 0 Å². The molecule has 1 aliphatic rings. The Balaban J connectivity index is 2.86. The van der Waals surface area contributed by atoms with E-state index in [1.807, 2.05) is 0 Å². The van der Waals surface area contributed by atoms with E-state index in [1.54, 1.807) is 0 Å². The largest absolute Gasteiger partial charge is 0.487 e. The Labute approximate surface area is 51.9 Å². The Hall–Kier alpha value is -1.38. The molecular weight excluding hydrogens is 120 g/mol. The molecule has 0 saturated heterocycles. The molecule has 0 amide bonds. The third-order valence-corrected chi connectivity index (χ3v) is 0.865. The first-order chi connectivity index (χ1) is 4.18. The van der Waals surface area contributed by atoms with Gasteiger partial charge >= 0.3 is 0 Å². The Morgan fingerprint density at radius 2 is 2.11 bits per heavy atom. The van der Waals surface area contributed by atoms with Crippen LogP contribution in [-0.2, 0) is 9.90 Å². The summed E-state index contributed by atoms with van der Waals surface area (Å²) in [4.78, 5) is 10.4. The number of rotatable bonds is 0. The smallest absolute Gasteiger partial charge is 0.293 e. The van der Waals surface area contributed by atoms with E-state index < -0.39 is 11.5 Å². The quantitative estimate of drug-likeness (QED) is 0.479. The minimum Gasteiger partial charge on any atom is -0.487 e. The lowest BCUT2D eigenvalue weighted by Gasteiger charge is -1.89. The van der Waals surface area contributed by atoms with Crippen molar-refractivity contribution in [2.75, 3.05) is 0 Å². The number of hydrogen-bond acceptors (Lipinski definition) is 2. The minimum absolute atomic E-state index is 0.271. The summed E-state index contributed by atoms with van der Waals surface area (Å²) in [5.74, 6) is -1.19. The van der Waals surface area contributed by atoms with Crippen molar-refractivity contribution in [2.45, 2.75) is 0 Å². The molecule has 0 aromatic carbocycles. The minimum atomic E-state index is -0.458. The van der Waals surface area contributed by atoms with Crippen LogP contribution in [0.1, 0.15) is 0 Å². The van der Waals surface area contributed by atoms with Gasteiger partial charge in [0.1, 0.15) is 18.6 Å². The highest BCUT2D eigenvalue weighted by Crippen LogP contribution is 2.08. The summed E-state index contributed by atoms with van der Waals surface area (Å²) < 4.78 is 0. The van der Waals surface area contributed by atoms with Gasteiger partial charge in [-0.3, -0.25) is 9.90 Å². The molecule has 1 radical (unpaired) electrons. The third kappa shape index (κ3) is 1.25. The molecule has 0 bridgehead atoms. The van der Waals surface area contributed by atoms with Crippen LogP contribution in [0.3, 0.4) is 0 Å². The van der Waals surface area contributed by atoms with Gasteiger partial charge in [-0.2, -0.15) is 0 Å². The highest BCUT2D eigenvalue weighted by Gasteiger charge is 2.20. The van der Waals surface area contributed by atoms with E-state index in [1.165, 1.54) is 0 Å². The molecule has 0 heterocycles. The number of carbonyl (C=O) groups is 1. The van der Waals surface area contributed by atoms with Crippen LogP contribution in [0.2, 0.25) is 0 Å². The van der Waals surface area contributed by atoms with Crippen LogP contribution in [0.5, 0.6) is 0 Å². The van der Waals surface area contributed by atoms with E-state index in [2.05, 4.69) is 0 Å². The number of hydrogen-bond donors (Lipinski definition) is 1. The molecule has 3 nitrogen and oxygen atoms in total. The molecule has 0 unspecified atom stereocenters. The second kappa shape index (κ2) is 1.85. The summed E-state index contributed by atoms with van der Waals surface area (Å²) in [6.07, 6.45) is 2.89. The first kappa shape index (κ1) is 5.75. The zero-order valence-corrected chi connectivity index (χ0v) is 4.50. The van der Waals surface area contributed by atoms with Gasteiger partial charge in [-0.15, -0.1) is 0 Å². The molecule has 1 aliphatic carbocycles. The Morgan fingerprint density at radius 1 is 1.44 bits per heavy atom. The Bertz CT molecular complexity index is 200. The monoisotopic (exact) mass is 124 g/mol. The van der Waals surface area contributed by atoms with E-state index in [9.17, 15) is 9.90 Å². The topological polar surface area (TPSA) is 57.2 Å². The fraction of sp³-hybridized carbons (Fsp3) is 0. The second-order valence-electron chi connectivity index (χ2n) is 1.66. The number of ketones is 1. The van der Waals surface area contributed by atoms with E-state index >= 15 is 0 Å². The molecule has 45 valence electrons. The van der Waals surface area contributed by atoms with Crippen molar-refractivity contribution >= 4 is 5.78 Å². The fourth-order valence-corrected chi connectivity index (χ4v) is 0.557. The molecule has 0 atom stereocenters. The van der Waals surface area contributed by atoms with Crippen molar-refractivity contribution in [2.24, 2.45) is 0 Å². The lowest BCUT2D eigenvalue weighted by Crippen LogP contribution is -2.02. The molecule has 0 spiro atoms. The van der Waals surface area contributed by atoms with Crippen LogP contribution in [0.25, 0.3) is 0 Å². The van der Waals surface area contributed by atoms with Gasteiger partial charge in [0, 0.05) is 0 Å². The Morgan fingerprint density at radius 3 is 2.56 bits per heavy atom. The van der Waals surface area contributed by atoms with Gasteiger partial charge in [-0.25, -0.2) is 0 Å². The van der Waals surface area contributed by atoms with E-state index in [-0.39, 0.29) is 5.76 Å². The van der Waals surface area contributed by atoms with Crippen LogP contribution < -0.4 is 0 Å². The second-order valence-corrected chi connectivity index (χ2v) is 1.66. The molecule has 1 N–H and O–H groups in total. The lowest BCUT2D eigenvalue weighted by molar-refractivity contribution is -0.111. The number of carbonyl (C=O) groups excluding carboxylic acids is 1. The highest BCUT2D eigenvalue weighted by molar-refractivity contribution is 6.00. The summed E-state index contributed by atoms with van der Waals surface area (Å²) >= 11 is 0. The van der Waals surface area contributed by atoms with Gasteiger partial charge in [0.2, 0.25) is 5.76 Å². The molecule has 3 heteroatoms. The number of allylic oxidation sites excluding steroid dienone is 3. The van der Waals surface area contributed by atoms with Gasteiger partial charge in [0.25, 0.3) is 11.5 Å². The first-order valence-electron chi connectivity index (χ1n) is 2.36. The summed E-state index contributed by atoms with van der Waals surface area (Å²) in [5.41, 5.74) is 0. The maximum atomic E-state index is 10.4. The van der Waals surface area contributed by atoms with Crippen molar-refractivity contribution in [1.82, 2.24) is 0 Å². The lowest BCUT2D eigenvalue weighted by atomic mass is 10.1. The summed E-state index contributed by atoms with van der Waals surface area (Å²) in [5, 5.41) is 18.9. The molecule has 0 saturated carbocycles. The van der Waals surface area contributed by atoms with Crippen LogP contribution in [-0.4, -0.2) is 10.9 Å². The summed E-state index contributed by atoms with van der Waals surface area (Å²) in [6, 6.07) is 0. The highest BCUT2D eigenvalue weighted by atomic mass is 16.3. The van der Waals surface area contributed by atoms with Gasteiger partial charge in [0.15, 0.2) is 0 Å².